The first kappa shape index (κ1) is 14.7. The minimum absolute atomic E-state index is 0.164. The van der Waals surface area contributed by atoms with Crippen molar-refractivity contribution >= 4 is 0 Å². The summed E-state index contributed by atoms with van der Waals surface area (Å²) in [6, 6.07) is 0. The predicted molar refractivity (Wildman–Crippen MR) is 69.0 cm³/mol. The van der Waals surface area contributed by atoms with Crippen LogP contribution in [0.25, 0.3) is 0 Å². The highest BCUT2D eigenvalue weighted by Gasteiger charge is 2.58. The van der Waals surface area contributed by atoms with Gasteiger partial charge in [-0.2, -0.15) is 0 Å². The first-order chi connectivity index (χ1) is 9.31. The maximum atomic E-state index is 5.99. The van der Waals surface area contributed by atoms with Crippen LogP contribution in [0.4, 0.5) is 0 Å². The van der Waals surface area contributed by atoms with E-state index in [0.29, 0.717) is 13.2 Å². The molecule has 3 saturated heterocycles. The largest absolute Gasteiger partial charge is 0.373 e. The Morgan fingerprint density at radius 3 is 2.35 bits per heavy atom. The third-order valence-corrected chi connectivity index (χ3v) is 3.78. The quantitative estimate of drug-likeness (QED) is 0.783. The molecule has 6 heteroatoms. The summed E-state index contributed by atoms with van der Waals surface area (Å²) in [5, 5.41) is 0. The average Bonchev–Trinajstić information content (AvgIpc) is 2.91. The number of rotatable bonds is 3. The van der Waals surface area contributed by atoms with Gasteiger partial charge in [0, 0.05) is 6.61 Å². The number of fused-ring (bicyclic) bond motifs is 1. The summed E-state index contributed by atoms with van der Waals surface area (Å²) < 4.78 is 35.0. The Morgan fingerprint density at radius 1 is 1.00 bits per heavy atom. The third kappa shape index (κ3) is 2.61. The van der Waals surface area contributed by atoms with Crippen molar-refractivity contribution in [1.82, 2.24) is 0 Å². The lowest BCUT2D eigenvalue weighted by Crippen LogP contribution is -2.44. The van der Waals surface area contributed by atoms with Crippen molar-refractivity contribution in [3.63, 3.8) is 0 Å². The highest BCUT2D eigenvalue weighted by molar-refractivity contribution is 4.98. The Kier molecular flexibility index (Phi) is 3.60. The van der Waals surface area contributed by atoms with Gasteiger partial charge in [-0.1, -0.05) is 0 Å². The molecule has 6 nitrogen and oxygen atoms in total. The molecule has 0 unspecified atom stereocenters. The lowest BCUT2D eigenvalue weighted by Gasteiger charge is -2.28. The van der Waals surface area contributed by atoms with E-state index < -0.39 is 17.9 Å². The van der Waals surface area contributed by atoms with Crippen LogP contribution in [0.2, 0.25) is 0 Å². The Morgan fingerprint density at radius 2 is 1.75 bits per heavy atom. The fourth-order valence-corrected chi connectivity index (χ4v) is 3.06. The zero-order chi connectivity index (χ0) is 14.5. The second kappa shape index (κ2) is 4.90. The highest BCUT2D eigenvalue weighted by atomic mass is 16.8. The summed E-state index contributed by atoms with van der Waals surface area (Å²) in [5.41, 5.74) is 0. The molecule has 3 aliphatic heterocycles. The van der Waals surface area contributed by atoms with Crippen LogP contribution in [-0.4, -0.2) is 55.5 Å². The van der Waals surface area contributed by atoms with Crippen molar-refractivity contribution in [2.24, 2.45) is 0 Å². The van der Waals surface area contributed by atoms with Gasteiger partial charge in [-0.3, -0.25) is 0 Å². The fraction of sp³-hybridized carbons (Fsp3) is 1.00. The molecule has 20 heavy (non-hydrogen) atoms. The molecule has 0 aromatic carbocycles. The minimum Gasteiger partial charge on any atom is -0.373 e. The Labute approximate surface area is 119 Å². The van der Waals surface area contributed by atoms with E-state index in [-0.39, 0.29) is 24.4 Å². The second-order valence-corrected chi connectivity index (χ2v) is 6.36. The van der Waals surface area contributed by atoms with E-state index in [0.717, 1.165) is 0 Å². The van der Waals surface area contributed by atoms with Gasteiger partial charge in [-0.25, -0.2) is 0 Å². The normalized spacial score (nSPS) is 45.8. The highest BCUT2D eigenvalue weighted by Crippen LogP contribution is 2.41. The van der Waals surface area contributed by atoms with Crippen molar-refractivity contribution in [2.45, 2.75) is 76.9 Å². The maximum Gasteiger partial charge on any atom is 0.190 e. The van der Waals surface area contributed by atoms with Gasteiger partial charge in [0.1, 0.15) is 24.4 Å². The minimum atomic E-state index is -0.637. The van der Waals surface area contributed by atoms with Gasteiger partial charge in [-0.15, -0.1) is 0 Å². The van der Waals surface area contributed by atoms with Crippen molar-refractivity contribution in [3.8, 4) is 0 Å². The number of hydrogen-bond donors (Lipinski definition) is 0. The monoisotopic (exact) mass is 288 g/mol. The van der Waals surface area contributed by atoms with Crippen LogP contribution in [0, 0.1) is 0 Å². The molecular weight excluding hydrogens is 264 g/mol. The van der Waals surface area contributed by atoms with Crippen molar-refractivity contribution in [2.75, 3.05) is 13.2 Å². The smallest absolute Gasteiger partial charge is 0.190 e. The molecule has 0 N–H and O–H groups in total. The van der Waals surface area contributed by atoms with E-state index in [1.165, 1.54) is 0 Å². The Balaban J connectivity index is 1.73. The number of hydrogen-bond acceptors (Lipinski definition) is 6. The summed E-state index contributed by atoms with van der Waals surface area (Å²) in [6.45, 7) is 10.6. The summed E-state index contributed by atoms with van der Waals surface area (Å²) in [4.78, 5) is 0. The molecule has 116 valence electrons. The molecule has 0 aliphatic carbocycles. The lowest BCUT2D eigenvalue weighted by molar-refractivity contribution is -0.235. The van der Waals surface area contributed by atoms with Gasteiger partial charge in [0.15, 0.2) is 17.9 Å². The third-order valence-electron chi connectivity index (χ3n) is 3.78. The van der Waals surface area contributed by atoms with Crippen LogP contribution in [0.15, 0.2) is 0 Å². The van der Waals surface area contributed by atoms with Gasteiger partial charge in [-0.05, 0) is 34.6 Å². The molecule has 0 bridgehead atoms. The summed E-state index contributed by atoms with van der Waals surface area (Å²) in [7, 11) is 0. The maximum absolute atomic E-state index is 5.99. The van der Waals surface area contributed by atoms with Crippen molar-refractivity contribution < 1.29 is 28.4 Å². The molecule has 0 radical (unpaired) electrons. The molecule has 3 rings (SSSR count). The van der Waals surface area contributed by atoms with Crippen LogP contribution in [-0.2, 0) is 28.4 Å². The van der Waals surface area contributed by atoms with E-state index in [1.54, 1.807) is 0 Å². The zero-order valence-electron chi connectivity index (χ0n) is 12.8. The van der Waals surface area contributed by atoms with E-state index in [9.17, 15) is 0 Å². The average molecular weight is 288 g/mol. The van der Waals surface area contributed by atoms with Gasteiger partial charge in [0.25, 0.3) is 0 Å². The van der Waals surface area contributed by atoms with Crippen LogP contribution < -0.4 is 0 Å². The molecule has 0 amide bonds. The molecule has 5 atom stereocenters. The van der Waals surface area contributed by atoms with Crippen molar-refractivity contribution in [1.29, 1.82) is 0 Å². The van der Waals surface area contributed by atoms with Gasteiger partial charge in [0.2, 0.25) is 0 Å². The van der Waals surface area contributed by atoms with E-state index in [1.807, 2.05) is 34.6 Å². The standard InChI is InChI=1S/C14H24O6/c1-6-15-10-9(8-7-16-13(2,3)18-8)17-12-11(10)19-14(4,5)20-12/h8-12H,6-7H2,1-5H3/t8-,9-,10+,11+,12+/m0/s1. The van der Waals surface area contributed by atoms with Crippen LogP contribution >= 0.6 is 0 Å². The summed E-state index contributed by atoms with van der Waals surface area (Å²) in [5.74, 6) is -1.22. The molecule has 0 spiro atoms. The topological polar surface area (TPSA) is 55.4 Å². The molecule has 0 aromatic rings. The Hall–Kier alpha value is -0.240. The molecule has 0 saturated carbocycles. The Bertz CT molecular complexity index is 369. The molecule has 3 fully saturated rings. The van der Waals surface area contributed by atoms with Crippen LogP contribution in [0.1, 0.15) is 34.6 Å². The van der Waals surface area contributed by atoms with Crippen LogP contribution in [0.3, 0.4) is 0 Å². The zero-order valence-corrected chi connectivity index (χ0v) is 12.8. The van der Waals surface area contributed by atoms with Crippen LogP contribution in [0.5, 0.6) is 0 Å². The SMILES string of the molecule is CCO[C@@H]1[C@H]([C@@H]2COC(C)(C)O2)O[C@@H]2OC(C)(C)O[C@@H]21. The first-order valence-electron chi connectivity index (χ1n) is 7.26. The van der Waals surface area contributed by atoms with Gasteiger partial charge < -0.3 is 28.4 Å². The van der Waals surface area contributed by atoms with Crippen molar-refractivity contribution in [3.05, 3.63) is 0 Å². The molecule has 0 aromatic heterocycles. The van der Waals surface area contributed by atoms with E-state index in [2.05, 4.69) is 0 Å². The second-order valence-electron chi connectivity index (χ2n) is 6.36. The summed E-state index contributed by atoms with van der Waals surface area (Å²) in [6.07, 6.45) is -1.22. The fourth-order valence-electron chi connectivity index (χ4n) is 3.06. The van der Waals surface area contributed by atoms with E-state index in [4.69, 9.17) is 28.4 Å². The molecular formula is C14H24O6. The van der Waals surface area contributed by atoms with Gasteiger partial charge in [0.05, 0.1) is 6.61 Å². The van der Waals surface area contributed by atoms with Gasteiger partial charge >= 0.3 is 0 Å². The predicted octanol–water partition coefficient (Wildman–Crippen LogP) is 1.42. The van der Waals surface area contributed by atoms with E-state index >= 15 is 0 Å². The molecule has 3 aliphatic rings. The molecule has 3 heterocycles. The summed E-state index contributed by atoms with van der Waals surface area (Å²) >= 11 is 0. The first-order valence-corrected chi connectivity index (χ1v) is 7.26. The lowest BCUT2D eigenvalue weighted by atomic mass is 10.1. The number of ether oxygens (including phenoxy) is 6.